The van der Waals surface area contributed by atoms with E-state index in [-0.39, 0.29) is 29.6 Å². The highest BCUT2D eigenvalue weighted by molar-refractivity contribution is 7.13. The molecule has 4 heterocycles. The van der Waals surface area contributed by atoms with Gasteiger partial charge in [-0.05, 0) is 23.7 Å². The molecule has 35 heavy (non-hydrogen) atoms. The van der Waals surface area contributed by atoms with Gasteiger partial charge in [0.2, 0.25) is 11.7 Å². The van der Waals surface area contributed by atoms with Crippen LogP contribution in [0, 0.1) is 0 Å². The maximum absolute atomic E-state index is 13.4. The lowest BCUT2D eigenvalue weighted by Gasteiger charge is -2.34. The van der Waals surface area contributed by atoms with Gasteiger partial charge in [0, 0.05) is 23.7 Å². The smallest absolute Gasteiger partial charge is 0.287 e. The third-order valence-corrected chi connectivity index (χ3v) is 6.95. The molecule has 1 unspecified atom stereocenters. The van der Waals surface area contributed by atoms with Gasteiger partial charge in [0.15, 0.2) is 11.4 Å². The zero-order valence-corrected chi connectivity index (χ0v) is 19.0. The summed E-state index contributed by atoms with van der Waals surface area (Å²) in [6.45, 7) is -0.252. The van der Waals surface area contributed by atoms with Gasteiger partial charge in [0.05, 0.1) is 4.70 Å². The number of anilines is 2. The molecule has 4 N–H and O–H groups in total. The zero-order valence-electron chi connectivity index (χ0n) is 18.2. The molecule has 0 bridgehead atoms. The first-order valence-electron chi connectivity index (χ1n) is 10.6. The number of para-hydroxylation sites is 1. The molecule has 6 rings (SSSR count). The number of fused-ring (bicyclic) bond motifs is 5. The molecule has 174 valence electrons. The van der Waals surface area contributed by atoms with Crippen molar-refractivity contribution in [3.8, 4) is 0 Å². The van der Waals surface area contributed by atoms with Crippen molar-refractivity contribution in [1.29, 1.82) is 0 Å². The van der Waals surface area contributed by atoms with Gasteiger partial charge in [-0.1, -0.05) is 36.4 Å². The number of nitrogens with zero attached hydrogens (tertiary/aromatic N) is 3. The minimum absolute atomic E-state index is 0.0162. The van der Waals surface area contributed by atoms with Crippen molar-refractivity contribution in [2.45, 2.75) is 12.1 Å². The molecule has 0 fully saturated rings. The number of hydrogen-bond donors (Lipinski definition) is 4. The second-order valence-electron chi connectivity index (χ2n) is 8.08. The van der Waals surface area contributed by atoms with E-state index in [1.54, 1.807) is 36.4 Å². The van der Waals surface area contributed by atoms with Crippen LogP contribution in [0.2, 0.25) is 0 Å². The van der Waals surface area contributed by atoms with Gasteiger partial charge in [-0.2, -0.15) is 4.37 Å². The highest BCUT2D eigenvalue weighted by atomic mass is 32.1. The lowest BCUT2D eigenvalue weighted by Crippen LogP contribution is -2.57. The molecule has 0 saturated carbocycles. The summed E-state index contributed by atoms with van der Waals surface area (Å²) >= 11 is 1.18. The predicted molar refractivity (Wildman–Crippen MR) is 127 cm³/mol. The Labute approximate surface area is 201 Å². The summed E-state index contributed by atoms with van der Waals surface area (Å²) < 4.78 is 6.49. The minimum Gasteiger partial charge on any atom is -0.352 e. The topological polar surface area (TPSA) is 147 Å². The van der Waals surface area contributed by atoms with Crippen LogP contribution in [0.1, 0.15) is 32.4 Å². The number of aromatic nitrogens is 3. The Morgan fingerprint density at radius 2 is 1.86 bits per heavy atom. The molecular weight excluding hydrogens is 470 g/mol. The van der Waals surface area contributed by atoms with Crippen molar-refractivity contribution in [1.82, 2.24) is 24.6 Å². The van der Waals surface area contributed by atoms with Crippen LogP contribution in [-0.2, 0) is 21.7 Å². The fourth-order valence-corrected chi connectivity index (χ4v) is 5.42. The molecule has 2 aromatic carbocycles. The molecule has 0 aliphatic carbocycles. The Morgan fingerprint density at radius 3 is 2.69 bits per heavy atom. The van der Waals surface area contributed by atoms with Crippen molar-refractivity contribution in [3.05, 3.63) is 71.3 Å². The van der Waals surface area contributed by atoms with Crippen molar-refractivity contribution < 1.29 is 19.2 Å². The Hall–Kier alpha value is -4.58. The average molecular weight is 488 g/mol. The quantitative estimate of drug-likeness (QED) is 0.344. The maximum atomic E-state index is 13.4. The lowest BCUT2D eigenvalue weighted by molar-refractivity contribution is -0.131. The number of benzene rings is 2. The van der Waals surface area contributed by atoms with Crippen LogP contribution in [-0.4, -0.2) is 44.6 Å². The number of imidazole rings is 1. The maximum Gasteiger partial charge on any atom is 0.287 e. The summed E-state index contributed by atoms with van der Waals surface area (Å²) in [6.07, 6.45) is 0. The first-order valence-corrected chi connectivity index (χ1v) is 11.4. The van der Waals surface area contributed by atoms with Crippen molar-refractivity contribution in [2.24, 2.45) is 0 Å². The number of hydrogen-bond acceptors (Lipinski definition) is 7. The Kier molecular flexibility index (Phi) is 4.48. The number of nitrogens with one attached hydrogen (secondary N) is 4. The molecule has 2 aliphatic rings. The summed E-state index contributed by atoms with van der Waals surface area (Å²) in [5, 5.41) is 11.5. The van der Waals surface area contributed by atoms with Gasteiger partial charge in [-0.25, -0.2) is 4.98 Å². The van der Waals surface area contributed by atoms with E-state index in [1.807, 2.05) is 12.1 Å². The number of amides is 4. The number of rotatable bonds is 3. The van der Waals surface area contributed by atoms with Crippen LogP contribution in [0.15, 0.2) is 48.5 Å². The molecule has 4 amide bonds. The largest absolute Gasteiger partial charge is 0.352 e. The summed E-state index contributed by atoms with van der Waals surface area (Å²) in [4.78, 5) is 56.6. The summed E-state index contributed by atoms with van der Waals surface area (Å²) in [7, 11) is 1.43. The molecule has 2 aromatic heterocycles. The molecule has 1 atom stereocenters. The predicted octanol–water partition coefficient (Wildman–Crippen LogP) is 1.43. The molecule has 2 aliphatic heterocycles. The van der Waals surface area contributed by atoms with E-state index in [2.05, 4.69) is 30.6 Å². The van der Waals surface area contributed by atoms with Gasteiger partial charge in [0.1, 0.15) is 17.9 Å². The van der Waals surface area contributed by atoms with Gasteiger partial charge < -0.3 is 25.8 Å². The van der Waals surface area contributed by atoms with E-state index in [4.69, 9.17) is 0 Å². The van der Waals surface area contributed by atoms with Gasteiger partial charge >= 0.3 is 0 Å². The third kappa shape index (κ3) is 2.89. The second-order valence-corrected chi connectivity index (χ2v) is 8.88. The highest BCUT2D eigenvalue weighted by Crippen LogP contribution is 2.45. The monoisotopic (exact) mass is 487 g/mol. The summed E-state index contributed by atoms with van der Waals surface area (Å²) in [5.74, 6) is -2.24. The van der Waals surface area contributed by atoms with E-state index in [9.17, 15) is 19.2 Å². The number of carbonyl (C=O) groups is 4. The van der Waals surface area contributed by atoms with Crippen LogP contribution in [0.4, 0.5) is 11.5 Å². The fraction of sp³-hybridized carbons (Fsp3) is 0.130. The van der Waals surface area contributed by atoms with Gasteiger partial charge in [-0.15, -0.1) is 0 Å². The second kappa shape index (κ2) is 7.46. The Morgan fingerprint density at radius 1 is 1.09 bits per heavy atom. The third-order valence-electron chi connectivity index (χ3n) is 6.13. The molecule has 12 heteroatoms. The highest BCUT2D eigenvalue weighted by Gasteiger charge is 2.56. The normalized spacial score (nSPS) is 18.1. The molecule has 0 radical (unpaired) electrons. The standard InChI is InChI=1S/C23H17N7O4S/c1-24-21(33)19-26-18(27-20(32)16-11-6-2-5-9-14(11)35-29-16)17-23(28-15(31)10-30(17)19)12-7-3-4-8-13(12)25-22(23)34/h2-9H,10H2,1H3,(H,24,33)(H,25,34)(H,27,32)(H,28,31). The van der Waals surface area contributed by atoms with Gasteiger partial charge in [-0.3, -0.25) is 19.2 Å². The molecular formula is C23H17N7O4S. The van der Waals surface area contributed by atoms with Crippen LogP contribution >= 0.6 is 11.5 Å². The first-order chi connectivity index (χ1) is 16.9. The molecule has 4 aromatic rings. The summed E-state index contributed by atoms with van der Waals surface area (Å²) in [6, 6.07) is 14.2. The fourth-order valence-electron chi connectivity index (χ4n) is 4.64. The van der Waals surface area contributed by atoms with Crippen LogP contribution in [0.3, 0.4) is 0 Å². The van der Waals surface area contributed by atoms with E-state index in [0.29, 0.717) is 16.6 Å². The lowest BCUT2D eigenvalue weighted by atomic mass is 9.85. The van der Waals surface area contributed by atoms with E-state index in [0.717, 1.165) is 4.70 Å². The van der Waals surface area contributed by atoms with Crippen molar-refractivity contribution in [3.63, 3.8) is 0 Å². The molecule has 0 saturated heterocycles. The SMILES string of the molecule is CNC(=O)c1nc(NC(=O)c2nsc3ccccc23)c2n1CC(=O)NC21C(=O)Nc2ccccc21. The molecule has 11 nitrogen and oxygen atoms in total. The Bertz CT molecular complexity index is 1590. The minimum atomic E-state index is -1.68. The van der Waals surface area contributed by atoms with E-state index < -0.39 is 29.2 Å². The van der Waals surface area contributed by atoms with Crippen LogP contribution in [0.25, 0.3) is 10.1 Å². The van der Waals surface area contributed by atoms with Gasteiger partial charge in [0.25, 0.3) is 17.7 Å². The average Bonchev–Trinajstić information content (AvgIpc) is 3.52. The molecule has 1 spiro atoms. The first kappa shape index (κ1) is 21.0. The summed E-state index contributed by atoms with van der Waals surface area (Å²) in [5.41, 5.74) is -0.308. The van der Waals surface area contributed by atoms with E-state index in [1.165, 1.54) is 23.1 Å². The van der Waals surface area contributed by atoms with Crippen molar-refractivity contribution >= 4 is 56.8 Å². The van der Waals surface area contributed by atoms with Crippen LogP contribution < -0.4 is 21.3 Å². The van der Waals surface area contributed by atoms with Crippen LogP contribution in [0.5, 0.6) is 0 Å². The number of carbonyl (C=O) groups excluding carboxylic acids is 4. The van der Waals surface area contributed by atoms with Crippen molar-refractivity contribution in [2.75, 3.05) is 17.7 Å². The van der Waals surface area contributed by atoms with E-state index >= 15 is 0 Å². The zero-order chi connectivity index (χ0) is 24.3. The Balaban J connectivity index is 1.56.